The van der Waals surface area contributed by atoms with Gasteiger partial charge in [0.05, 0.1) is 5.56 Å². The molecule has 0 spiro atoms. The van der Waals surface area contributed by atoms with Crippen LogP contribution < -0.4 is 10.1 Å². The highest BCUT2D eigenvalue weighted by Gasteiger charge is 2.17. The smallest absolute Gasteiger partial charge is 0.260 e. The summed E-state index contributed by atoms with van der Waals surface area (Å²) in [5.41, 5.74) is 1.18. The van der Waals surface area contributed by atoms with E-state index in [0.29, 0.717) is 11.3 Å². The number of carbonyl (C=O) groups excluding carboxylic acids is 2. The lowest BCUT2D eigenvalue weighted by atomic mass is 10.2. The van der Waals surface area contributed by atoms with Gasteiger partial charge >= 0.3 is 0 Å². The van der Waals surface area contributed by atoms with E-state index in [-0.39, 0.29) is 41.3 Å². The zero-order valence-corrected chi connectivity index (χ0v) is 17.0. The molecule has 0 aromatic heterocycles. The number of nitrogens with one attached hydrogen (secondary N) is 1. The summed E-state index contributed by atoms with van der Waals surface area (Å²) in [4.78, 5) is 26.4. The molecule has 0 aliphatic rings. The second kappa shape index (κ2) is 9.89. The number of hydrogen-bond donors (Lipinski definition) is 1. The minimum absolute atomic E-state index is 0.00381. The topological polar surface area (TPSA) is 58.6 Å². The highest BCUT2D eigenvalue weighted by Crippen LogP contribution is 2.22. The normalized spacial score (nSPS) is 10.4. The van der Waals surface area contributed by atoms with Crippen LogP contribution in [0.1, 0.15) is 15.9 Å². The van der Waals surface area contributed by atoms with Gasteiger partial charge in [0.2, 0.25) is 0 Å². The lowest BCUT2D eigenvalue weighted by molar-refractivity contribution is -0.132. The summed E-state index contributed by atoms with van der Waals surface area (Å²) in [5, 5.41) is 3.03. The van der Waals surface area contributed by atoms with Gasteiger partial charge in [0, 0.05) is 29.9 Å². The molecule has 0 saturated heterocycles. The Hall–Kier alpha value is -3.38. The third-order valence-electron chi connectivity index (χ3n) is 4.40. The van der Waals surface area contributed by atoms with Crippen molar-refractivity contribution in [2.24, 2.45) is 0 Å². The third-order valence-corrected chi connectivity index (χ3v) is 4.75. The maximum Gasteiger partial charge on any atom is 0.260 e. The first-order chi connectivity index (χ1) is 14.5. The number of para-hydroxylation sites is 2. The van der Waals surface area contributed by atoms with Crippen molar-refractivity contribution in [2.75, 3.05) is 19.0 Å². The minimum atomic E-state index is -0.481. The molecule has 0 aliphatic heterocycles. The fraction of sp³-hybridized carbons (Fsp3) is 0.130. The van der Waals surface area contributed by atoms with Crippen molar-refractivity contribution in [3.8, 4) is 5.75 Å². The van der Waals surface area contributed by atoms with E-state index in [0.717, 1.165) is 0 Å². The maximum absolute atomic E-state index is 13.9. The molecule has 30 heavy (non-hydrogen) atoms. The van der Waals surface area contributed by atoms with Crippen molar-refractivity contribution < 1.29 is 18.7 Å². The summed E-state index contributed by atoms with van der Waals surface area (Å²) in [6.07, 6.45) is 0. The highest BCUT2D eigenvalue weighted by atomic mass is 35.5. The molecule has 5 nitrogen and oxygen atoms in total. The van der Waals surface area contributed by atoms with Crippen molar-refractivity contribution in [3.63, 3.8) is 0 Å². The number of benzene rings is 3. The SMILES string of the molecule is CN(Cc1c(F)cccc1Cl)C(=O)COc1ccccc1C(=O)Nc1ccccc1. The number of hydrogen-bond acceptors (Lipinski definition) is 3. The molecular weight excluding hydrogens is 407 g/mol. The summed E-state index contributed by atoms with van der Waals surface area (Å²) < 4.78 is 19.5. The van der Waals surface area contributed by atoms with Crippen LogP contribution in [0.25, 0.3) is 0 Å². The predicted molar refractivity (Wildman–Crippen MR) is 114 cm³/mol. The summed E-state index contributed by atoms with van der Waals surface area (Å²) in [5.74, 6) is -0.939. The Morgan fingerprint density at radius 2 is 1.70 bits per heavy atom. The fourth-order valence-electron chi connectivity index (χ4n) is 2.76. The number of anilines is 1. The Kier molecular flexibility index (Phi) is 7.03. The Balaban J connectivity index is 1.64. The number of rotatable bonds is 7. The van der Waals surface area contributed by atoms with Gasteiger partial charge in [-0.25, -0.2) is 4.39 Å². The molecule has 0 aliphatic carbocycles. The number of amides is 2. The van der Waals surface area contributed by atoms with Gasteiger partial charge in [-0.15, -0.1) is 0 Å². The molecule has 0 heterocycles. The lowest BCUT2D eigenvalue weighted by Crippen LogP contribution is -2.31. The fourth-order valence-corrected chi connectivity index (χ4v) is 2.98. The second-order valence-electron chi connectivity index (χ2n) is 6.55. The van der Waals surface area contributed by atoms with Gasteiger partial charge in [-0.1, -0.05) is 48.0 Å². The Labute approximate surface area is 179 Å². The first-order valence-corrected chi connectivity index (χ1v) is 9.58. The first-order valence-electron chi connectivity index (χ1n) is 9.21. The summed E-state index contributed by atoms with van der Waals surface area (Å²) in [7, 11) is 1.53. The molecule has 0 atom stereocenters. The van der Waals surface area contributed by atoms with E-state index in [9.17, 15) is 14.0 Å². The van der Waals surface area contributed by atoms with Gasteiger partial charge in [0.25, 0.3) is 11.8 Å². The number of likely N-dealkylation sites (N-methyl/N-ethyl adjacent to an activating group) is 1. The van der Waals surface area contributed by atoms with Gasteiger partial charge in [-0.3, -0.25) is 9.59 Å². The average molecular weight is 427 g/mol. The number of carbonyl (C=O) groups is 2. The molecule has 0 bridgehead atoms. The molecule has 2 amide bonds. The van der Waals surface area contributed by atoms with Crippen LogP contribution in [0.3, 0.4) is 0 Å². The van der Waals surface area contributed by atoms with Gasteiger partial charge in [-0.05, 0) is 36.4 Å². The zero-order chi connectivity index (χ0) is 21.5. The first kappa shape index (κ1) is 21.3. The summed E-state index contributed by atoms with van der Waals surface area (Å²) in [6.45, 7) is -0.304. The Morgan fingerprint density at radius 1 is 1.00 bits per heavy atom. The predicted octanol–water partition coefficient (Wildman–Crippen LogP) is 4.77. The van der Waals surface area contributed by atoms with E-state index in [1.165, 1.54) is 24.1 Å². The van der Waals surface area contributed by atoms with Crippen LogP contribution in [0.5, 0.6) is 5.75 Å². The van der Waals surface area contributed by atoms with Crippen molar-refractivity contribution in [1.29, 1.82) is 0 Å². The van der Waals surface area contributed by atoms with Crippen LogP contribution in [0, 0.1) is 5.82 Å². The average Bonchev–Trinajstić information content (AvgIpc) is 2.75. The van der Waals surface area contributed by atoms with Crippen LogP contribution >= 0.6 is 11.6 Å². The van der Waals surface area contributed by atoms with Crippen LogP contribution in [-0.2, 0) is 11.3 Å². The highest BCUT2D eigenvalue weighted by molar-refractivity contribution is 6.31. The van der Waals surface area contributed by atoms with E-state index < -0.39 is 5.82 Å². The summed E-state index contributed by atoms with van der Waals surface area (Å²) in [6, 6.07) is 20.0. The Morgan fingerprint density at radius 3 is 2.43 bits per heavy atom. The lowest BCUT2D eigenvalue weighted by Gasteiger charge is -2.19. The van der Waals surface area contributed by atoms with Gasteiger partial charge < -0.3 is 15.0 Å². The van der Waals surface area contributed by atoms with Crippen molar-refractivity contribution in [1.82, 2.24) is 4.90 Å². The van der Waals surface area contributed by atoms with Crippen LogP contribution in [-0.4, -0.2) is 30.4 Å². The zero-order valence-electron chi connectivity index (χ0n) is 16.3. The largest absolute Gasteiger partial charge is 0.483 e. The van der Waals surface area contributed by atoms with Crippen molar-refractivity contribution in [2.45, 2.75) is 6.54 Å². The molecule has 3 rings (SSSR count). The van der Waals surface area contributed by atoms with E-state index in [1.54, 1.807) is 42.5 Å². The molecule has 154 valence electrons. The Bertz CT molecular complexity index is 1020. The number of nitrogens with zero attached hydrogens (tertiary/aromatic N) is 1. The molecule has 3 aromatic carbocycles. The number of ether oxygens (including phenoxy) is 1. The van der Waals surface area contributed by atoms with Crippen LogP contribution in [0.2, 0.25) is 5.02 Å². The van der Waals surface area contributed by atoms with Crippen molar-refractivity contribution >= 4 is 29.1 Å². The third kappa shape index (κ3) is 5.36. The molecule has 7 heteroatoms. The van der Waals surface area contributed by atoms with E-state index in [2.05, 4.69) is 5.32 Å². The molecule has 0 fully saturated rings. The molecule has 0 radical (unpaired) electrons. The maximum atomic E-state index is 13.9. The molecule has 0 saturated carbocycles. The van der Waals surface area contributed by atoms with Gasteiger partial charge in [0.1, 0.15) is 11.6 Å². The molecule has 3 aromatic rings. The molecule has 0 unspecified atom stereocenters. The quantitative estimate of drug-likeness (QED) is 0.592. The van der Waals surface area contributed by atoms with Gasteiger partial charge in [0.15, 0.2) is 6.61 Å². The summed E-state index contributed by atoms with van der Waals surface area (Å²) >= 11 is 6.02. The second-order valence-corrected chi connectivity index (χ2v) is 6.96. The standard InChI is InChI=1S/C23H20ClFN2O3/c1-27(14-18-19(24)11-7-12-20(18)25)22(28)15-30-21-13-6-5-10-17(21)23(29)26-16-8-3-2-4-9-16/h2-13H,14-15H2,1H3,(H,26,29). The van der Waals surface area contributed by atoms with E-state index in [1.807, 2.05) is 18.2 Å². The number of halogens is 2. The molecule has 1 N–H and O–H groups in total. The monoisotopic (exact) mass is 426 g/mol. The van der Waals surface area contributed by atoms with Crippen LogP contribution in [0.4, 0.5) is 10.1 Å². The van der Waals surface area contributed by atoms with E-state index >= 15 is 0 Å². The van der Waals surface area contributed by atoms with Crippen molar-refractivity contribution in [3.05, 3.63) is 94.8 Å². The minimum Gasteiger partial charge on any atom is -0.483 e. The molecular formula is C23H20ClFN2O3. The van der Waals surface area contributed by atoms with E-state index in [4.69, 9.17) is 16.3 Å². The van der Waals surface area contributed by atoms with Crippen LogP contribution in [0.15, 0.2) is 72.8 Å². The van der Waals surface area contributed by atoms with Gasteiger partial charge in [-0.2, -0.15) is 0 Å².